The maximum absolute atomic E-state index is 11.8. The lowest BCUT2D eigenvalue weighted by atomic mass is 10.0. The number of carbonyl (C=O) groups is 1. The predicted molar refractivity (Wildman–Crippen MR) is 70.0 cm³/mol. The van der Waals surface area contributed by atoms with Crippen LogP contribution in [0.15, 0.2) is 0 Å². The third-order valence-electron chi connectivity index (χ3n) is 3.81. The number of sulfone groups is 1. The Morgan fingerprint density at radius 3 is 2.72 bits per heavy atom. The van der Waals surface area contributed by atoms with Gasteiger partial charge in [-0.15, -0.1) is 0 Å². The van der Waals surface area contributed by atoms with Crippen LogP contribution >= 0.6 is 0 Å². The highest BCUT2D eigenvalue weighted by molar-refractivity contribution is 7.91. The standard InChI is InChI=1S/C12H22N2O3S/c15-12(10-5-8-18(16,17)9-10)14-7-4-11-3-1-2-6-13-11/h10-11,13H,1-9H2,(H,14,15). The topological polar surface area (TPSA) is 75.3 Å². The lowest BCUT2D eigenvalue weighted by Crippen LogP contribution is -2.39. The van der Waals surface area contributed by atoms with Crippen LogP contribution in [0.1, 0.15) is 32.1 Å². The SMILES string of the molecule is O=C(NCCC1CCCCN1)C1CCS(=O)(=O)C1. The van der Waals surface area contributed by atoms with Crippen molar-refractivity contribution in [1.82, 2.24) is 10.6 Å². The minimum absolute atomic E-state index is 0.0283. The van der Waals surface area contributed by atoms with Gasteiger partial charge in [0.05, 0.1) is 17.4 Å². The minimum Gasteiger partial charge on any atom is -0.356 e. The van der Waals surface area contributed by atoms with E-state index in [1.807, 2.05) is 0 Å². The number of amides is 1. The first-order valence-corrected chi connectivity index (χ1v) is 8.60. The third-order valence-corrected chi connectivity index (χ3v) is 5.58. The first-order valence-electron chi connectivity index (χ1n) is 6.78. The molecule has 2 saturated heterocycles. The number of hydrogen-bond donors (Lipinski definition) is 2. The molecule has 0 saturated carbocycles. The van der Waals surface area contributed by atoms with Gasteiger partial charge in [0.1, 0.15) is 0 Å². The van der Waals surface area contributed by atoms with E-state index in [4.69, 9.17) is 0 Å². The van der Waals surface area contributed by atoms with Crippen molar-refractivity contribution in [1.29, 1.82) is 0 Å². The lowest BCUT2D eigenvalue weighted by Gasteiger charge is -2.23. The molecule has 0 aromatic rings. The Morgan fingerprint density at radius 2 is 2.11 bits per heavy atom. The molecule has 2 N–H and O–H groups in total. The van der Waals surface area contributed by atoms with Crippen LogP contribution in [0.2, 0.25) is 0 Å². The van der Waals surface area contributed by atoms with Crippen LogP contribution in [-0.4, -0.2) is 45.0 Å². The summed E-state index contributed by atoms with van der Waals surface area (Å²) in [4.78, 5) is 11.8. The van der Waals surface area contributed by atoms with Gasteiger partial charge in [-0.25, -0.2) is 8.42 Å². The Bertz CT molecular complexity index is 388. The number of carbonyl (C=O) groups excluding carboxylic acids is 1. The summed E-state index contributed by atoms with van der Waals surface area (Å²) in [7, 11) is -2.96. The van der Waals surface area contributed by atoms with Crippen molar-refractivity contribution in [3.05, 3.63) is 0 Å². The summed E-state index contributed by atoms with van der Waals surface area (Å²) < 4.78 is 22.6. The predicted octanol–water partition coefficient (Wildman–Crippen LogP) is 0.0695. The molecule has 1 amide bonds. The molecule has 0 bridgehead atoms. The van der Waals surface area contributed by atoms with Gasteiger partial charge in [0.25, 0.3) is 0 Å². The molecule has 0 spiro atoms. The molecule has 0 aromatic carbocycles. The zero-order valence-electron chi connectivity index (χ0n) is 10.7. The Morgan fingerprint density at radius 1 is 1.28 bits per heavy atom. The summed E-state index contributed by atoms with van der Waals surface area (Å²) >= 11 is 0. The molecule has 0 aromatic heterocycles. The fourth-order valence-electron chi connectivity index (χ4n) is 2.69. The van der Waals surface area contributed by atoms with E-state index in [9.17, 15) is 13.2 Å². The summed E-state index contributed by atoms with van der Waals surface area (Å²) in [5.41, 5.74) is 0. The quantitative estimate of drug-likeness (QED) is 0.761. The molecular formula is C12H22N2O3S. The summed E-state index contributed by atoms with van der Waals surface area (Å²) in [6.45, 7) is 1.71. The van der Waals surface area contributed by atoms with Crippen LogP contribution in [-0.2, 0) is 14.6 Å². The summed E-state index contributed by atoms with van der Waals surface area (Å²) in [5.74, 6) is -0.225. The summed E-state index contributed by atoms with van der Waals surface area (Å²) in [5, 5.41) is 6.29. The van der Waals surface area contributed by atoms with Crippen molar-refractivity contribution in [3.63, 3.8) is 0 Å². The molecule has 104 valence electrons. The fourth-order valence-corrected chi connectivity index (χ4v) is 4.43. The molecule has 2 heterocycles. The van der Waals surface area contributed by atoms with Gasteiger partial charge in [0.2, 0.25) is 5.91 Å². The van der Waals surface area contributed by atoms with Gasteiger partial charge in [0, 0.05) is 12.6 Å². The van der Waals surface area contributed by atoms with E-state index in [1.54, 1.807) is 0 Å². The van der Waals surface area contributed by atoms with Gasteiger partial charge in [-0.1, -0.05) is 6.42 Å². The second-order valence-electron chi connectivity index (χ2n) is 5.33. The second kappa shape index (κ2) is 6.02. The first-order chi connectivity index (χ1) is 8.57. The molecule has 6 heteroatoms. The lowest BCUT2D eigenvalue weighted by molar-refractivity contribution is -0.124. The molecule has 5 nitrogen and oxygen atoms in total. The van der Waals surface area contributed by atoms with Crippen molar-refractivity contribution in [3.8, 4) is 0 Å². The maximum Gasteiger partial charge on any atom is 0.224 e. The largest absolute Gasteiger partial charge is 0.356 e. The van der Waals surface area contributed by atoms with Crippen molar-refractivity contribution in [2.24, 2.45) is 5.92 Å². The van der Waals surface area contributed by atoms with Gasteiger partial charge in [-0.05, 0) is 32.2 Å². The highest BCUT2D eigenvalue weighted by atomic mass is 32.2. The van der Waals surface area contributed by atoms with Crippen LogP contribution in [0.4, 0.5) is 0 Å². The van der Waals surface area contributed by atoms with Crippen LogP contribution in [0, 0.1) is 5.92 Å². The molecule has 2 aliphatic rings. The molecule has 18 heavy (non-hydrogen) atoms. The Hall–Kier alpha value is -0.620. The van der Waals surface area contributed by atoms with E-state index in [0.717, 1.165) is 13.0 Å². The zero-order chi connectivity index (χ0) is 13.0. The monoisotopic (exact) mass is 274 g/mol. The highest BCUT2D eigenvalue weighted by Crippen LogP contribution is 2.18. The smallest absolute Gasteiger partial charge is 0.224 e. The van der Waals surface area contributed by atoms with E-state index in [0.29, 0.717) is 19.0 Å². The molecule has 2 unspecified atom stereocenters. The van der Waals surface area contributed by atoms with Crippen molar-refractivity contribution >= 4 is 15.7 Å². The van der Waals surface area contributed by atoms with E-state index in [1.165, 1.54) is 19.3 Å². The molecule has 2 aliphatic heterocycles. The average molecular weight is 274 g/mol. The van der Waals surface area contributed by atoms with Gasteiger partial charge >= 0.3 is 0 Å². The zero-order valence-corrected chi connectivity index (χ0v) is 11.5. The van der Waals surface area contributed by atoms with Crippen molar-refractivity contribution in [2.75, 3.05) is 24.6 Å². The van der Waals surface area contributed by atoms with Gasteiger partial charge in [0.15, 0.2) is 9.84 Å². The normalized spacial score (nSPS) is 31.1. The summed E-state index contributed by atoms with van der Waals surface area (Å²) in [6, 6.07) is 0.506. The molecule has 0 radical (unpaired) electrons. The van der Waals surface area contributed by atoms with Gasteiger partial charge in [-0.2, -0.15) is 0 Å². The first kappa shape index (κ1) is 13.8. The fraction of sp³-hybridized carbons (Fsp3) is 0.917. The molecule has 2 fully saturated rings. The van der Waals surface area contributed by atoms with Crippen LogP contribution in [0.5, 0.6) is 0 Å². The molecule has 2 atom stereocenters. The van der Waals surface area contributed by atoms with Crippen molar-refractivity contribution in [2.45, 2.75) is 38.1 Å². The van der Waals surface area contributed by atoms with E-state index in [2.05, 4.69) is 10.6 Å². The third kappa shape index (κ3) is 3.95. The van der Waals surface area contributed by atoms with E-state index in [-0.39, 0.29) is 23.3 Å². The van der Waals surface area contributed by atoms with Crippen LogP contribution in [0.25, 0.3) is 0 Å². The van der Waals surface area contributed by atoms with E-state index >= 15 is 0 Å². The second-order valence-corrected chi connectivity index (χ2v) is 7.56. The van der Waals surface area contributed by atoms with Crippen molar-refractivity contribution < 1.29 is 13.2 Å². The average Bonchev–Trinajstić information content (AvgIpc) is 2.71. The highest BCUT2D eigenvalue weighted by Gasteiger charge is 2.32. The molecular weight excluding hydrogens is 252 g/mol. The van der Waals surface area contributed by atoms with Gasteiger partial charge < -0.3 is 10.6 Å². The number of nitrogens with one attached hydrogen (secondary N) is 2. The molecule has 0 aliphatic carbocycles. The van der Waals surface area contributed by atoms with E-state index < -0.39 is 9.84 Å². The number of rotatable bonds is 4. The van der Waals surface area contributed by atoms with Crippen LogP contribution < -0.4 is 10.6 Å². The minimum atomic E-state index is -2.96. The number of hydrogen-bond acceptors (Lipinski definition) is 4. The van der Waals surface area contributed by atoms with Crippen LogP contribution in [0.3, 0.4) is 0 Å². The number of piperidine rings is 1. The Kier molecular flexibility index (Phi) is 4.61. The van der Waals surface area contributed by atoms with Gasteiger partial charge in [-0.3, -0.25) is 4.79 Å². The Balaban J connectivity index is 1.66. The summed E-state index contributed by atoms with van der Waals surface area (Å²) in [6.07, 6.45) is 5.09. The maximum atomic E-state index is 11.8. The Labute approximate surface area is 109 Å². The molecule has 2 rings (SSSR count).